The Bertz CT molecular complexity index is 1270. The number of para-hydroxylation sites is 1. The van der Waals surface area contributed by atoms with Gasteiger partial charge in [-0.25, -0.2) is 4.98 Å². The van der Waals surface area contributed by atoms with Crippen molar-refractivity contribution in [2.45, 2.75) is 26.2 Å². The zero-order chi connectivity index (χ0) is 22.7. The summed E-state index contributed by atoms with van der Waals surface area (Å²) in [7, 11) is 0. The Morgan fingerprint density at radius 1 is 1.09 bits per heavy atom. The summed E-state index contributed by atoms with van der Waals surface area (Å²) < 4.78 is 11.4. The SMILES string of the molecule is CCC(C)c1ccc2oc(-c3ccc(Cl)c(NC(=O)COc4ccccc4Cl)c3)nc2c1. The van der Waals surface area contributed by atoms with Crippen LogP contribution >= 0.6 is 23.2 Å². The first-order valence-corrected chi connectivity index (χ1v) is 11.1. The van der Waals surface area contributed by atoms with Crippen LogP contribution in [0.5, 0.6) is 5.75 Å². The number of hydrogen-bond acceptors (Lipinski definition) is 4. The van der Waals surface area contributed by atoms with Crippen molar-refractivity contribution in [3.05, 3.63) is 76.3 Å². The number of hydrogen-bond donors (Lipinski definition) is 1. The molecule has 0 spiro atoms. The Hall–Kier alpha value is -3.02. The van der Waals surface area contributed by atoms with E-state index in [2.05, 4.69) is 36.3 Å². The maximum atomic E-state index is 12.4. The summed E-state index contributed by atoms with van der Waals surface area (Å²) in [6.45, 7) is 4.14. The molecule has 4 rings (SSSR count). The standard InChI is InChI=1S/C25H22Cl2N2O3/c1-3-15(2)16-9-11-23-21(12-16)29-25(32-23)17-8-10-18(26)20(13-17)28-24(30)14-31-22-7-5-4-6-19(22)27/h4-13,15H,3,14H2,1-2H3,(H,28,30). The number of carbonyl (C=O) groups is 1. The highest BCUT2D eigenvalue weighted by atomic mass is 35.5. The Balaban J connectivity index is 1.52. The number of aromatic nitrogens is 1. The maximum Gasteiger partial charge on any atom is 0.262 e. The van der Waals surface area contributed by atoms with Crippen molar-refractivity contribution < 1.29 is 13.9 Å². The molecule has 0 aliphatic carbocycles. The predicted molar refractivity (Wildman–Crippen MR) is 129 cm³/mol. The number of nitrogens with one attached hydrogen (secondary N) is 1. The molecule has 0 saturated heterocycles. The number of halogens is 2. The van der Waals surface area contributed by atoms with E-state index in [-0.39, 0.29) is 12.5 Å². The molecule has 0 aliphatic rings. The fourth-order valence-electron chi connectivity index (χ4n) is 3.26. The van der Waals surface area contributed by atoms with E-state index in [1.54, 1.807) is 42.5 Å². The van der Waals surface area contributed by atoms with Gasteiger partial charge in [-0.15, -0.1) is 0 Å². The van der Waals surface area contributed by atoms with Crippen LogP contribution < -0.4 is 10.1 Å². The van der Waals surface area contributed by atoms with Crippen LogP contribution in [-0.2, 0) is 4.79 Å². The summed E-state index contributed by atoms with van der Waals surface area (Å²) in [5.41, 5.74) is 3.88. The molecule has 0 bridgehead atoms. The number of ether oxygens (including phenoxy) is 1. The van der Waals surface area contributed by atoms with Crippen molar-refractivity contribution in [1.82, 2.24) is 4.98 Å². The molecule has 0 saturated carbocycles. The van der Waals surface area contributed by atoms with Gasteiger partial charge in [0.1, 0.15) is 11.3 Å². The highest BCUT2D eigenvalue weighted by molar-refractivity contribution is 6.34. The van der Waals surface area contributed by atoms with Gasteiger partial charge in [0, 0.05) is 5.56 Å². The van der Waals surface area contributed by atoms with Crippen LogP contribution in [0, 0.1) is 0 Å². The van der Waals surface area contributed by atoms with Crippen LogP contribution in [0.25, 0.3) is 22.6 Å². The lowest BCUT2D eigenvalue weighted by atomic mass is 9.98. The molecular weight excluding hydrogens is 447 g/mol. The molecule has 1 N–H and O–H groups in total. The molecule has 32 heavy (non-hydrogen) atoms. The second kappa shape index (κ2) is 9.63. The number of anilines is 1. The number of oxazole rings is 1. The molecule has 164 valence electrons. The van der Waals surface area contributed by atoms with Crippen LogP contribution in [0.3, 0.4) is 0 Å². The lowest BCUT2D eigenvalue weighted by Gasteiger charge is -2.10. The van der Waals surface area contributed by atoms with Crippen LogP contribution in [0.1, 0.15) is 31.7 Å². The van der Waals surface area contributed by atoms with Gasteiger partial charge in [0.15, 0.2) is 12.2 Å². The third kappa shape index (κ3) is 4.90. The molecule has 4 aromatic rings. The molecule has 5 nitrogen and oxygen atoms in total. The van der Waals surface area contributed by atoms with Crippen LogP contribution in [0.2, 0.25) is 10.0 Å². The van der Waals surface area contributed by atoms with Crippen LogP contribution in [0.4, 0.5) is 5.69 Å². The largest absolute Gasteiger partial charge is 0.482 e. The molecule has 1 amide bonds. The molecule has 0 aliphatic heterocycles. The van der Waals surface area contributed by atoms with Crippen molar-refractivity contribution >= 4 is 45.9 Å². The number of benzene rings is 3. The van der Waals surface area contributed by atoms with E-state index < -0.39 is 0 Å². The summed E-state index contributed by atoms with van der Waals surface area (Å²) in [6, 6.07) is 18.3. The molecule has 0 radical (unpaired) electrons. The number of carbonyl (C=O) groups excluding carboxylic acids is 1. The van der Waals surface area contributed by atoms with Crippen molar-refractivity contribution in [3.8, 4) is 17.2 Å². The number of nitrogens with zero attached hydrogens (tertiary/aromatic N) is 1. The number of amides is 1. The monoisotopic (exact) mass is 468 g/mol. The van der Waals surface area contributed by atoms with E-state index in [0.29, 0.717) is 44.4 Å². The third-order valence-electron chi connectivity index (χ3n) is 5.28. The Morgan fingerprint density at radius 3 is 2.69 bits per heavy atom. The van der Waals surface area contributed by atoms with Gasteiger partial charge in [-0.05, 0) is 60.4 Å². The van der Waals surface area contributed by atoms with Gasteiger partial charge in [-0.3, -0.25) is 4.79 Å². The van der Waals surface area contributed by atoms with E-state index in [4.69, 9.17) is 32.4 Å². The number of fused-ring (bicyclic) bond motifs is 1. The summed E-state index contributed by atoms with van der Waals surface area (Å²) in [5.74, 6) is 0.984. The maximum absolute atomic E-state index is 12.4. The summed E-state index contributed by atoms with van der Waals surface area (Å²) in [5, 5.41) is 3.60. The van der Waals surface area contributed by atoms with Gasteiger partial charge in [-0.1, -0.05) is 55.2 Å². The van der Waals surface area contributed by atoms with Crippen LogP contribution in [0.15, 0.2) is 65.1 Å². The van der Waals surface area contributed by atoms with Gasteiger partial charge in [-0.2, -0.15) is 0 Å². The van der Waals surface area contributed by atoms with Gasteiger partial charge in [0.2, 0.25) is 5.89 Å². The lowest BCUT2D eigenvalue weighted by Crippen LogP contribution is -2.20. The van der Waals surface area contributed by atoms with Gasteiger partial charge in [0.25, 0.3) is 5.91 Å². The van der Waals surface area contributed by atoms with E-state index in [9.17, 15) is 4.79 Å². The minimum absolute atomic E-state index is 0.203. The average molecular weight is 469 g/mol. The first-order valence-electron chi connectivity index (χ1n) is 10.3. The third-order valence-corrected chi connectivity index (χ3v) is 5.92. The van der Waals surface area contributed by atoms with Crippen molar-refractivity contribution in [2.24, 2.45) is 0 Å². The quantitative estimate of drug-likeness (QED) is 0.308. The summed E-state index contributed by atoms with van der Waals surface area (Å²) >= 11 is 12.3. The molecule has 1 heterocycles. The molecule has 1 atom stereocenters. The van der Waals surface area contributed by atoms with Gasteiger partial charge in [0.05, 0.1) is 15.7 Å². The smallest absolute Gasteiger partial charge is 0.262 e. The van der Waals surface area contributed by atoms with Gasteiger partial charge < -0.3 is 14.5 Å². The zero-order valence-electron chi connectivity index (χ0n) is 17.7. The molecule has 1 aromatic heterocycles. The Kier molecular flexibility index (Phi) is 6.68. The second-order valence-corrected chi connectivity index (χ2v) is 8.33. The Labute approximate surface area is 196 Å². The highest BCUT2D eigenvalue weighted by Gasteiger charge is 2.14. The molecule has 0 fully saturated rings. The van der Waals surface area contributed by atoms with E-state index in [1.807, 2.05) is 6.07 Å². The lowest BCUT2D eigenvalue weighted by molar-refractivity contribution is -0.118. The van der Waals surface area contributed by atoms with E-state index in [1.165, 1.54) is 5.56 Å². The van der Waals surface area contributed by atoms with Crippen LogP contribution in [-0.4, -0.2) is 17.5 Å². The number of rotatable bonds is 7. The Morgan fingerprint density at radius 2 is 1.91 bits per heavy atom. The highest BCUT2D eigenvalue weighted by Crippen LogP contribution is 2.32. The summed E-state index contributed by atoms with van der Waals surface area (Å²) in [4.78, 5) is 17.0. The molecule has 7 heteroatoms. The first kappa shape index (κ1) is 22.2. The predicted octanol–water partition coefficient (Wildman–Crippen LogP) is 7.33. The molecule has 1 unspecified atom stereocenters. The fraction of sp³-hybridized carbons (Fsp3) is 0.200. The topological polar surface area (TPSA) is 64.4 Å². The zero-order valence-corrected chi connectivity index (χ0v) is 19.2. The minimum atomic E-state index is -0.361. The van der Waals surface area contributed by atoms with Crippen molar-refractivity contribution in [2.75, 3.05) is 11.9 Å². The molecular formula is C25H22Cl2N2O3. The first-order chi connectivity index (χ1) is 15.4. The average Bonchev–Trinajstić information content (AvgIpc) is 3.23. The summed E-state index contributed by atoms with van der Waals surface area (Å²) in [6.07, 6.45) is 1.05. The van der Waals surface area contributed by atoms with Gasteiger partial charge >= 0.3 is 0 Å². The molecule has 3 aromatic carbocycles. The van der Waals surface area contributed by atoms with Crippen molar-refractivity contribution in [1.29, 1.82) is 0 Å². The fourth-order valence-corrected chi connectivity index (χ4v) is 3.61. The van der Waals surface area contributed by atoms with E-state index >= 15 is 0 Å². The normalized spacial score (nSPS) is 12.0. The van der Waals surface area contributed by atoms with E-state index in [0.717, 1.165) is 11.9 Å². The second-order valence-electron chi connectivity index (χ2n) is 7.52. The minimum Gasteiger partial charge on any atom is -0.482 e. The van der Waals surface area contributed by atoms with Crippen molar-refractivity contribution in [3.63, 3.8) is 0 Å².